The predicted octanol–water partition coefficient (Wildman–Crippen LogP) is 6.62. The van der Waals surface area contributed by atoms with Crippen molar-refractivity contribution < 1.29 is 4.79 Å². The largest absolute Gasteiger partial charge is 0.352 e. The Hall–Kier alpha value is -2.18. The molecule has 184 valence electrons. The third kappa shape index (κ3) is 4.67. The van der Waals surface area contributed by atoms with Crippen LogP contribution in [0.4, 0.5) is 5.82 Å². The van der Waals surface area contributed by atoms with Crippen LogP contribution in [0.5, 0.6) is 0 Å². The van der Waals surface area contributed by atoms with Gasteiger partial charge in [0.05, 0.1) is 5.39 Å². The third-order valence-electron chi connectivity index (χ3n) is 7.97. The quantitative estimate of drug-likeness (QED) is 0.373. The summed E-state index contributed by atoms with van der Waals surface area (Å²) in [6.07, 6.45) is 12.5. The van der Waals surface area contributed by atoms with Crippen LogP contribution in [-0.4, -0.2) is 47.0 Å². The second-order valence-electron chi connectivity index (χ2n) is 10.3. The summed E-state index contributed by atoms with van der Waals surface area (Å²) >= 11 is 8.05. The van der Waals surface area contributed by atoms with Crippen LogP contribution >= 0.6 is 22.9 Å². The van der Waals surface area contributed by atoms with Crippen LogP contribution in [0.2, 0.25) is 5.02 Å². The number of halogens is 1. The summed E-state index contributed by atoms with van der Waals surface area (Å²) in [5, 5.41) is 1.91. The molecule has 35 heavy (non-hydrogen) atoms. The van der Waals surface area contributed by atoms with E-state index in [2.05, 4.69) is 4.90 Å². The fraction of sp³-hybridized carbons (Fsp3) is 0.536. The van der Waals surface area contributed by atoms with Crippen LogP contribution in [0.25, 0.3) is 10.2 Å². The van der Waals surface area contributed by atoms with Crippen molar-refractivity contribution in [1.82, 2.24) is 14.9 Å². The topological polar surface area (TPSA) is 49.3 Å². The van der Waals surface area contributed by atoms with Gasteiger partial charge in [0.1, 0.15) is 16.5 Å². The maximum absolute atomic E-state index is 13.1. The molecular weight excluding hydrogens is 476 g/mol. The highest BCUT2D eigenvalue weighted by Gasteiger charge is 2.29. The first-order valence-electron chi connectivity index (χ1n) is 13.3. The van der Waals surface area contributed by atoms with Gasteiger partial charge in [0, 0.05) is 47.6 Å². The zero-order valence-corrected chi connectivity index (χ0v) is 21.8. The molecule has 3 heterocycles. The Kier molecular flexibility index (Phi) is 6.68. The number of carbonyl (C=O) groups excluding carboxylic acids is 1. The van der Waals surface area contributed by atoms with Gasteiger partial charge in [0.15, 0.2) is 0 Å². The number of aromatic nitrogens is 2. The zero-order chi connectivity index (χ0) is 23.8. The molecule has 2 fully saturated rings. The van der Waals surface area contributed by atoms with E-state index in [-0.39, 0.29) is 5.91 Å². The second kappa shape index (κ2) is 10.1. The summed E-state index contributed by atoms with van der Waals surface area (Å²) in [5.74, 6) is 2.73. The van der Waals surface area contributed by atoms with Crippen LogP contribution < -0.4 is 4.90 Å². The highest BCUT2D eigenvalue weighted by Crippen LogP contribution is 2.41. The minimum Gasteiger partial charge on any atom is -0.352 e. The van der Waals surface area contributed by atoms with Crippen molar-refractivity contribution >= 4 is 44.9 Å². The van der Waals surface area contributed by atoms with E-state index >= 15 is 0 Å². The first kappa shape index (κ1) is 23.2. The van der Waals surface area contributed by atoms with E-state index in [1.165, 1.54) is 78.4 Å². The van der Waals surface area contributed by atoms with Gasteiger partial charge < -0.3 is 9.80 Å². The van der Waals surface area contributed by atoms with Crippen LogP contribution in [0.3, 0.4) is 0 Å². The standard InChI is InChI=1S/C28H33ClN4OS/c29-21-11-7-10-20(18-21)28(34)33-16-14-32(15-17-33)26-24-22-12-5-2-6-13-23(22)35-27(24)31-25(30-26)19-8-3-1-4-9-19/h7,10-11,18-19H,1-6,8-9,12-17H2. The molecule has 0 bridgehead atoms. The van der Waals surface area contributed by atoms with Crippen molar-refractivity contribution in [2.24, 2.45) is 0 Å². The van der Waals surface area contributed by atoms with Gasteiger partial charge in [0.25, 0.3) is 5.91 Å². The smallest absolute Gasteiger partial charge is 0.254 e. The second-order valence-corrected chi connectivity index (χ2v) is 11.8. The average Bonchev–Trinajstić information content (AvgIpc) is 3.09. The molecule has 1 aliphatic heterocycles. The number of aryl methyl sites for hydroxylation is 2. The summed E-state index contributed by atoms with van der Waals surface area (Å²) in [6.45, 7) is 2.99. The number of piperazine rings is 1. The van der Waals surface area contributed by atoms with Gasteiger partial charge in [-0.1, -0.05) is 43.4 Å². The lowest BCUT2D eigenvalue weighted by atomic mass is 9.88. The number of hydrogen-bond acceptors (Lipinski definition) is 5. The number of thiophene rings is 1. The molecule has 1 aromatic carbocycles. The van der Waals surface area contributed by atoms with Gasteiger partial charge >= 0.3 is 0 Å². The Labute approximate surface area is 216 Å². The minimum atomic E-state index is 0.0623. The van der Waals surface area contributed by atoms with Crippen molar-refractivity contribution in [3.05, 3.63) is 51.1 Å². The molecule has 0 radical (unpaired) electrons. The van der Waals surface area contributed by atoms with E-state index in [0.717, 1.165) is 31.2 Å². The van der Waals surface area contributed by atoms with Crippen molar-refractivity contribution in [1.29, 1.82) is 0 Å². The Morgan fingerprint density at radius 2 is 1.71 bits per heavy atom. The number of fused-ring (bicyclic) bond motifs is 3. The number of amides is 1. The number of anilines is 1. The van der Waals surface area contributed by atoms with Gasteiger partial charge in [-0.3, -0.25) is 4.79 Å². The number of hydrogen-bond donors (Lipinski definition) is 0. The van der Waals surface area contributed by atoms with E-state index in [1.54, 1.807) is 6.07 Å². The van der Waals surface area contributed by atoms with E-state index in [4.69, 9.17) is 21.6 Å². The van der Waals surface area contributed by atoms with Crippen LogP contribution in [0, 0.1) is 0 Å². The van der Waals surface area contributed by atoms with Gasteiger partial charge in [-0.25, -0.2) is 9.97 Å². The molecule has 6 rings (SSSR count). The summed E-state index contributed by atoms with van der Waals surface area (Å²) in [7, 11) is 0. The fourth-order valence-corrected chi connectivity index (χ4v) is 7.48. The van der Waals surface area contributed by atoms with Gasteiger partial charge in [-0.2, -0.15) is 0 Å². The summed E-state index contributed by atoms with van der Waals surface area (Å²) in [4.78, 5) is 30.7. The lowest BCUT2D eigenvalue weighted by Gasteiger charge is -2.36. The van der Waals surface area contributed by atoms with E-state index in [1.807, 2.05) is 34.4 Å². The third-order valence-corrected chi connectivity index (χ3v) is 9.39. The average molecular weight is 509 g/mol. The van der Waals surface area contributed by atoms with Crippen molar-refractivity contribution in [2.45, 2.75) is 70.1 Å². The molecule has 3 aliphatic rings. The number of rotatable bonds is 3. The van der Waals surface area contributed by atoms with Gasteiger partial charge in [-0.05, 0) is 62.3 Å². The molecule has 1 amide bonds. The van der Waals surface area contributed by atoms with Gasteiger partial charge in [-0.15, -0.1) is 11.3 Å². The van der Waals surface area contributed by atoms with E-state index in [0.29, 0.717) is 29.6 Å². The zero-order valence-electron chi connectivity index (χ0n) is 20.3. The van der Waals surface area contributed by atoms with Crippen molar-refractivity contribution in [3.63, 3.8) is 0 Å². The normalized spacial score (nSPS) is 19.6. The molecular formula is C28H33ClN4OS. The fourth-order valence-electron chi connectivity index (χ4n) is 6.03. The molecule has 3 aromatic rings. The molecule has 1 saturated heterocycles. The maximum atomic E-state index is 13.1. The van der Waals surface area contributed by atoms with Crippen LogP contribution in [-0.2, 0) is 12.8 Å². The maximum Gasteiger partial charge on any atom is 0.254 e. The Bertz CT molecular complexity index is 1230. The monoisotopic (exact) mass is 508 g/mol. The van der Waals surface area contributed by atoms with Crippen molar-refractivity contribution in [2.75, 3.05) is 31.1 Å². The molecule has 2 aliphatic carbocycles. The minimum absolute atomic E-state index is 0.0623. The Morgan fingerprint density at radius 1 is 0.943 bits per heavy atom. The molecule has 5 nitrogen and oxygen atoms in total. The highest BCUT2D eigenvalue weighted by molar-refractivity contribution is 7.19. The number of benzene rings is 1. The van der Waals surface area contributed by atoms with E-state index < -0.39 is 0 Å². The molecule has 0 atom stereocenters. The Morgan fingerprint density at radius 3 is 2.51 bits per heavy atom. The SMILES string of the molecule is O=C(c1cccc(Cl)c1)N1CCN(c2nc(C3CCCCC3)nc3sc4c(c23)CCCCC4)CC1. The molecule has 0 spiro atoms. The highest BCUT2D eigenvalue weighted by atomic mass is 35.5. The predicted molar refractivity (Wildman–Crippen MR) is 144 cm³/mol. The summed E-state index contributed by atoms with van der Waals surface area (Å²) in [5.41, 5.74) is 2.17. The Balaban J connectivity index is 1.31. The molecule has 7 heteroatoms. The first-order chi connectivity index (χ1) is 17.2. The van der Waals surface area contributed by atoms with Gasteiger partial charge in [0.2, 0.25) is 0 Å². The molecule has 2 aromatic heterocycles. The van der Waals surface area contributed by atoms with E-state index in [9.17, 15) is 4.79 Å². The van der Waals surface area contributed by atoms with Crippen LogP contribution in [0.1, 0.15) is 83.9 Å². The lowest BCUT2D eigenvalue weighted by molar-refractivity contribution is 0.0746. The molecule has 1 saturated carbocycles. The lowest BCUT2D eigenvalue weighted by Crippen LogP contribution is -2.49. The van der Waals surface area contributed by atoms with Crippen LogP contribution in [0.15, 0.2) is 24.3 Å². The molecule has 0 N–H and O–H groups in total. The summed E-state index contributed by atoms with van der Waals surface area (Å²) < 4.78 is 0. The summed E-state index contributed by atoms with van der Waals surface area (Å²) in [6, 6.07) is 7.27. The number of nitrogens with zero attached hydrogens (tertiary/aromatic N) is 4. The molecule has 0 unspecified atom stereocenters. The van der Waals surface area contributed by atoms with Crippen molar-refractivity contribution in [3.8, 4) is 0 Å². The first-order valence-corrected chi connectivity index (χ1v) is 14.5. The number of carbonyl (C=O) groups is 1.